The van der Waals surface area contributed by atoms with Gasteiger partial charge in [-0.05, 0) is 62.6 Å². The van der Waals surface area contributed by atoms with E-state index in [4.69, 9.17) is 9.47 Å². The van der Waals surface area contributed by atoms with Gasteiger partial charge in [0, 0.05) is 0 Å². The van der Waals surface area contributed by atoms with Crippen LogP contribution in [-0.4, -0.2) is 12.6 Å². The van der Waals surface area contributed by atoms with E-state index in [0.717, 1.165) is 28.0 Å². The second kappa shape index (κ2) is 8.87. The van der Waals surface area contributed by atoms with Crippen LogP contribution in [0.1, 0.15) is 34.7 Å². The smallest absolute Gasteiger partial charge is 0.348 e. The van der Waals surface area contributed by atoms with E-state index < -0.39 is 5.97 Å². The van der Waals surface area contributed by atoms with Crippen LogP contribution in [0.3, 0.4) is 0 Å². The van der Waals surface area contributed by atoms with Gasteiger partial charge in [0.15, 0.2) is 0 Å². The minimum Gasteiger partial charge on any atom is -0.489 e. The molecule has 0 unspecified atom stereocenters. The van der Waals surface area contributed by atoms with Gasteiger partial charge in [-0.15, -0.1) is 0 Å². The van der Waals surface area contributed by atoms with Gasteiger partial charge in [0.1, 0.15) is 24.0 Å². The summed E-state index contributed by atoms with van der Waals surface area (Å²) in [4.78, 5) is 11.9. The quantitative estimate of drug-likeness (QED) is 0.432. The van der Waals surface area contributed by atoms with Crippen molar-refractivity contribution in [3.8, 4) is 11.8 Å². The molecule has 0 aliphatic heterocycles. The zero-order valence-corrected chi connectivity index (χ0v) is 15.6. The van der Waals surface area contributed by atoms with Gasteiger partial charge in [-0.1, -0.05) is 35.4 Å². The van der Waals surface area contributed by atoms with Crippen LogP contribution in [0, 0.1) is 32.1 Å². The largest absolute Gasteiger partial charge is 0.489 e. The molecule has 4 nitrogen and oxygen atoms in total. The Morgan fingerprint density at radius 1 is 1.12 bits per heavy atom. The summed E-state index contributed by atoms with van der Waals surface area (Å²) in [5.41, 5.74) is 5.01. The van der Waals surface area contributed by atoms with Crippen molar-refractivity contribution >= 4 is 12.0 Å². The molecule has 2 aromatic rings. The Labute approximate surface area is 154 Å². The third-order valence-electron chi connectivity index (χ3n) is 4.03. The molecule has 2 rings (SSSR count). The molecular weight excluding hydrogens is 326 g/mol. The highest BCUT2D eigenvalue weighted by Gasteiger charge is 2.12. The molecule has 0 amide bonds. The fraction of sp³-hybridized carbons (Fsp3) is 0.273. The first-order valence-electron chi connectivity index (χ1n) is 8.53. The van der Waals surface area contributed by atoms with Gasteiger partial charge < -0.3 is 9.47 Å². The maximum Gasteiger partial charge on any atom is 0.348 e. The minimum absolute atomic E-state index is 0.00838. The van der Waals surface area contributed by atoms with Crippen LogP contribution >= 0.6 is 0 Å². The first kappa shape index (κ1) is 19.3. The highest BCUT2D eigenvalue weighted by Crippen LogP contribution is 2.22. The van der Waals surface area contributed by atoms with Gasteiger partial charge in [-0.3, -0.25) is 0 Å². The molecule has 0 fully saturated rings. The van der Waals surface area contributed by atoms with Gasteiger partial charge in [-0.25, -0.2) is 4.79 Å². The van der Waals surface area contributed by atoms with Gasteiger partial charge >= 0.3 is 5.97 Å². The van der Waals surface area contributed by atoms with Crippen molar-refractivity contribution < 1.29 is 14.3 Å². The fourth-order valence-electron chi connectivity index (χ4n) is 2.56. The molecule has 0 radical (unpaired) electrons. The van der Waals surface area contributed by atoms with Crippen LogP contribution in [0.2, 0.25) is 0 Å². The van der Waals surface area contributed by atoms with Crippen LogP contribution < -0.4 is 4.74 Å². The number of rotatable bonds is 6. The molecule has 0 atom stereocenters. The molecule has 0 heterocycles. The molecule has 4 heteroatoms. The van der Waals surface area contributed by atoms with E-state index in [1.807, 2.05) is 57.2 Å². The third kappa shape index (κ3) is 4.97. The van der Waals surface area contributed by atoms with Crippen molar-refractivity contribution in [2.24, 2.45) is 0 Å². The number of carbonyl (C=O) groups is 1. The summed E-state index contributed by atoms with van der Waals surface area (Å²) in [6.45, 7) is 8.33. The maximum absolute atomic E-state index is 11.9. The van der Waals surface area contributed by atoms with E-state index in [1.54, 1.807) is 13.0 Å². The molecular formula is C22H23NO3. The van der Waals surface area contributed by atoms with E-state index in [-0.39, 0.29) is 12.2 Å². The molecule has 2 aromatic carbocycles. The van der Waals surface area contributed by atoms with Crippen LogP contribution in [0.4, 0.5) is 0 Å². The summed E-state index contributed by atoms with van der Waals surface area (Å²) < 4.78 is 10.8. The average molecular weight is 349 g/mol. The molecule has 0 aromatic heterocycles. The molecule has 134 valence electrons. The third-order valence-corrected chi connectivity index (χ3v) is 4.03. The lowest BCUT2D eigenvalue weighted by Crippen LogP contribution is -2.06. The summed E-state index contributed by atoms with van der Waals surface area (Å²) in [5, 5.41) is 9.24. The van der Waals surface area contributed by atoms with Crippen LogP contribution in [0.25, 0.3) is 6.08 Å². The van der Waals surface area contributed by atoms with Crippen LogP contribution in [-0.2, 0) is 16.1 Å². The lowest BCUT2D eigenvalue weighted by atomic mass is 9.98. The Bertz CT molecular complexity index is 858. The number of ether oxygens (including phenoxy) is 2. The monoisotopic (exact) mass is 349 g/mol. The Morgan fingerprint density at radius 3 is 2.42 bits per heavy atom. The Kier molecular flexibility index (Phi) is 6.57. The van der Waals surface area contributed by atoms with Crippen molar-refractivity contribution in [3.63, 3.8) is 0 Å². The van der Waals surface area contributed by atoms with Crippen molar-refractivity contribution in [2.75, 3.05) is 6.61 Å². The molecule has 0 spiro atoms. The topological polar surface area (TPSA) is 59.3 Å². The number of nitrogens with zero attached hydrogens (tertiary/aromatic N) is 1. The molecule has 0 bridgehead atoms. The number of hydrogen-bond donors (Lipinski definition) is 0. The number of carbonyl (C=O) groups excluding carboxylic acids is 1. The predicted octanol–water partition coefficient (Wildman–Crippen LogP) is 4.66. The lowest BCUT2D eigenvalue weighted by Gasteiger charge is -2.13. The zero-order chi connectivity index (χ0) is 19.1. The van der Waals surface area contributed by atoms with Gasteiger partial charge in [0.05, 0.1) is 6.61 Å². The standard InChI is InChI=1S/C22H23NO3/c1-5-25-22(24)19(13-23)12-18-10-16(3)11-20(17(18)4)14-26-21-8-6-15(2)7-9-21/h6-12H,5,14H2,1-4H3. The highest BCUT2D eigenvalue weighted by atomic mass is 16.5. The number of benzene rings is 2. The Hall–Kier alpha value is -3.06. The first-order valence-corrected chi connectivity index (χ1v) is 8.53. The zero-order valence-electron chi connectivity index (χ0n) is 15.6. The summed E-state index contributed by atoms with van der Waals surface area (Å²) in [7, 11) is 0. The van der Waals surface area contributed by atoms with Gasteiger partial charge in [-0.2, -0.15) is 5.26 Å². The minimum atomic E-state index is -0.603. The van der Waals surface area contributed by atoms with Crippen LogP contribution in [0.5, 0.6) is 5.75 Å². The molecule has 0 aliphatic carbocycles. The van der Waals surface area contributed by atoms with Crippen LogP contribution in [0.15, 0.2) is 42.0 Å². The second-order valence-electron chi connectivity index (χ2n) is 6.13. The molecule has 0 aliphatic rings. The number of esters is 1. The fourth-order valence-corrected chi connectivity index (χ4v) is 2.56. The van der Waals surface area contributed by atoms with E-state index >= 15 is 0 Å². The number of nitriles is 1. The highest BCUT2D eigenvalue weighted by molar-refractivity contribution is 5.98. The summed E-state index contributed by atoms with van der Waals surface area (Å²) in [6, 6.07) is 13.8. The van der Waals surface area contributed by atoms with Crippen molar-refractivity contribution in [1.29, 1.82) is 5.26 Å². The Balaban J connectivity index is 2.28. The van der Waals surface area contributed by atoms with E-state index in [0.29, 0.717) is 6.61 Å². The maximum atomic E-state index is 11.9. The van der Waals surface area contributed by atoms with E-state index in [2.05, 4.69) is 6.07 Å². The van der Waals surface area contributed by atoms with E-state index in [9.17, 15) is 10.1 Å². The average Bonchev–Trinajstić information content (AvgIpc) is 2.62. The van der Waals surface area contributed by atoms with E-state index in [1.165, 1.54) is 5.56 Å². The van der Waals surface area contributed by atoms with Crippen molar-refractivity contribution in [3.05, 3.63) is 69.8 Å². The van der Waals surface area contributed by atoms with Gasteiger partial charge in [0.2, 0.25) is 0 Å². The second-order valence-corrected chi connectivity index (χ2v) is 6.13. The molecule has 0 N–H and O–H groups in total. The molecule has 0 saturated carbocycles. The van der Waals surface area contributed by atoms with Crippen molar-refractivity contribution in [1.82, 2.24) is 0 Å². The molecule has 26 heavy (non-hydrogen) atoms. The first-order chi connectivity index (χ1) is 12.4. The summed E-state index contributed by atoms with van der Waals surface area (Å²) in [6.07, 6.45) is 1.58. The summed E-state index contributed by atoms with van der Waals surface area (Å²) >= 11 is 0. The number of aryl methyl sites for hydroxylation is 2. The SMILES string of the molecule is CCOC(=O)C(C#N)=Cc1cc(C)cc(COc2ccc(C)cc2)c1C. The molecule has 0 saturated heterocycles. The van der Waals surface area contributed by atoms with Crippen molar-refractivity contribution in [2.45, 2.75) is 34.3 Å². The normalized spacial score (nSPS) is 11.0. The Morgan fingerprint density at radius 2 is 1.81 bits per heavy atom. The summed E-state index contributed by atoms with van der Waals surface area (Å²) in [5.74, 6) is 0.200. The lowest BCUT2D eigenvalue weighted by molar-refractivity contribution is -0.137. The van der Waals surface area contributed by atoms with Gasteiger partial charge in [0.25, 0.3) is 0 Å². The number of hydrogen-bond acceptors (Lipinski definition) is 4. The predicted molar refractivity (Wildman–Crippen MR) is 102 cm³/mol.